The molecule has 1 aromatic carbocycles. The first-order valence-electron chi connectivity index (χ1n) is 13.2. The monoisotopic (exact) mass is 525 g/mol. The predicted octanol–water partition coefficient (Wildman–Crippen LogP) is 2.21. The summed E-state index contributed by atoms with van der Waals surface area (Å²) in [6, 6.07) is 5.66. The van der Waals surface area contributed by atoms with Gasteiger partial charge in [-0.1, -0.05) is 6.07 Å². The highest BCUT2D eigenvalue weighted by Gasteiger charge is 2.28. The Morgan fingerprint density at radius 2 is 1.95 bits per heavy atom. The van der Waals surface area contributed by atoms with Gasteiger partial charge in [0.05, 0.1) is 36.6 Å². The molecule has 4 heterocycles. The number of carbonyl (C=O) groups is 3. The lowest BCUT2D eigenvalue weighted by Crippen LogP contribution is -2.48. The number of ketones is 1. The third-order valence-corrected chi connectivity index (χ3v) is 7.33. The van der Waals surface area contributed by atoms with Crippen LogP contribution in [0.5, 0.6) is 5.75 Å². The third-order valence-electron chi connectivity index (χ3n) is 7.33. The van der Waals surface area contributed by atoms with E-state index in [1.807, 2.05) is 0 Å². The Labute approximate surface area is 220 Å². The predicted molar refractivity (Wildman–Crippen MR) is 135 cm³/mol. The highest BCUT2D eigenvalue weighted by atomic mass is 19.1. The maximum Gasteiger partial charge on any atom is 0.270 e. The van der Waals surface area contributed by atoms with Crippen LogP contribution < -0.4 is 10.1 Å². The molecule has 202 valence electrons. The van der Waals surface area contributed by atoms with Crippen molar-refractivity contribution in [3.63, 3.8) is 0 Å². The fourth-order valence-corrected chi connectivity index (χ4v) is 5.22. The van der Waals surface area contributed by atoms with Crippen LogP contribution in [0, 0.1) is 5.82 Å². The van der Waals surface area contributed by atoms with Gasteiger partial charge in [-0.05, 0) is 43.0 Å². The van der Waals surface area contributed by atoms with Crippen molar-refractivity contribution >= 4 is 17.6 Å². The molecule has 2 N–H and O–H groups in total. The zero-order valence-corrected chi connectivity index (χ0v) is 21.2. The number of nitrogens with one attached hydrogen (secondary N) is 1. The molecule has 3 aliphatic heterocycles. The molecule has 5 rings (SSSR count). The minimum Gasteiger partial charge on any atom is -0.491 e. The number of pyridine rings is 1. The summed E-state index contributed by atoms with van der Waals surface area (Å²) in [6.07, 6.45) is 2.57. The Kier molecular flexibility index (Phi) is 7.99. The molecule has 0 saturated carbocycles. The number of rotatable bonds is 8. The van der Waals surface area contributed by atoms with Crippen molar-refractivity contribution in [3.8, 4) is 5.75 Å². The molecule has 2 atom stereocenters. The van der Waals surface area contributed by atoms with Crippen molar-refractivity contribution in [1.82, 2.24) is 15.2 Å². The number of fused-ring (bicyclic) bond motifs is 1. The molecule has 2 amide bonds. The topological polar surface area (TPSA) is 118 Å². The van der Waals surface area contributed by atoms with Crippen LogP contribution in [0.15, 0.2) is 24.3 Å². The molecule has 2 fully saturated rings. The van der Waals surface area contributed by atoms with Crippen molar-refractivity contribution in [3.05, 3.63) is 58.2 Å². The van der Waals surface area contributed by atoms with E-state index in [1.165, 1.54) is 12.1 Å². The second kappa shape index (κ2) is 11.6. The fraction of sp³-hybridized carbons (Fsp3) is 0.500. The number of aliphatic hydroxyl groups excluding tert-OH is 1. The van der Waals surface area contributed by atoms with Gasteiger partial charge in [0.25, 0.3) is 5.91 Å². The van der Waals surface area contributed by atoms with Crippen LogP contribution >= 0.6 is 0 Å². The number of hydrogen-bond acceptors (Lipinski definition) is 7. The van der Waals surface area contributed by atoms with Crippen LogP contribution in [0.1, 0.15) is 69.8 Å². The summed E-state index contributed by atoms with van der Waals surface area (Å²) in [4.78, 5) is 44.0. The molecule has 10 heteroatoms. The number of nitrogens with zero attached hydrogens (tertiary/aromatic N) is 2. The minimum absolute atomic E-state index is 0.0302. The number of ether oxygens (including phenoxy) is 2. The first-order valence-corrected chi connectivity index (χ1v) is 13.2. The summed E-state index contributed by atoms with van der Waals surface area (Å²) < 4.78 is 25.9. The highest BCUT2D eigenvalue weighted by Crippen LogP contribution is 2.31. The van der Waals surface area contributed by atoms with E-state index in [9.17, 15) is 23.9 Å². The van der Waals surface area contributed by atoms with E-state index in [0.29, 0.717) is 48.6 Å². The average Bonchev–Trinajstić information content (AvgIpc) is 3.61. The smallest absolute Gasteiger partial charge is 0.270 e. The fourth-order valence-electron chi connectivity index (χ4n) is 5.22. The van der Waals surface area contributed by atoms with Crippen LogP contribution in [0.3, 0.4) is 0 Å². The van der Waals surface area contributed by atoms with E-state index in [-0.39, 0.29) is 43.0 Å². The number of benzene rings is 1. The Balaban J connectivity index is 1.27. The largest absolute Gasteiger partial charge is 0.491 e. The maximum atomic E-state index is 14.9. The summed E-state index contributed by atoms with van der Waals surface area (Å²) in [5, 5.41) is 12.9. The first kappa shape index (κ1) is 26.2. The summed E-state index contributed by atoms with van der Waals surface area (Å²) >= 11 is 0. The van der Waals surface area contributed by atoms with Crippen LogP contribution in [0.2, 0.25) is 0 Å². The number of amides is 2. The van der Waals surface area contributed by atoms with Crippen LogP contribution in [-0.4, -0.2) is 77.6 Å². The van der Waals surface area contributed by atoms with E-state index in [2.05, 4.69) is 10.3 Å². The Bertz CT molecular complexity index is 1230. The Hall–Kier alpha value is -3.37. The van der Waals surface area contributed by atoms with E-state index >= 15 is 0 Å². The molecule has 0 radical (unpaired) electrons. The third kappa shape index (κ3) is 5.86. The summed E-state index contributed by atoms with van der Waals surface area (Å²) in [5.74, 6) is -0.912. The number of aliphatic hydroxyl groups is 1. The lowest BCUT2D eigenvalue weighted by molar-refractivity contribution is -0.130. The normalized spacial score (nSPS) is 20.6. The SMILES string of the molecule is O=C(N[C@H]1CCOC[C@@H]1O)c1cc(Cc2ccc(C(=O)CCC(=O)N3CCCC3)c(F)c2)c2c(n1)CCO2. The Morgan fingerprint density at radius 3 is 2.71 bits per heavy atom. The van der Waals surface area contributed by atoms with Crippen LogP contribution in [0.4, 0.5) is 4.39 Å². The van der Waals surface area contributed by atoms with Gasteiger partial charge in [0.1, 0.15) is 17.3 Å². The summed E-state index contributed by atoms with van der Waals surface area (Å²) in [6.45, 7) is 2.51. The summed E-state index contributed by atoms with van der Waals surface area (Å²) in [7, 11) is 0. The molecule has 0 unspecified atom stereocenters. The van der Waals surface area contributed by atoms with Gasteiger partial charge in [-0.2, -0.15) is 0 Å². The zero-order chi connectivity index (χ0) is 26.6. The van der Waals surface area contributed by atoms with Crippen LogP contribution in [0.25, 0.3) is 0 Å². The molecular weight excluding hydrogens is 493 g/mol. The standard InChI is InChI=1S/C28H32FN3O6/c29-20-14-17(3-4-19(20)24(33)5-6-26(35)32-9-1-2-10-32)13-18-15-23(30-22-8-12-38-27(18)22)28(36)31-21-7-11-37-16-25(21)34/h3-4,14-15,21,25,34H,1-2,5-13,16H2,(H,31,36)/t21-,25-/m0/s1. The number of Topliss-reactive ketones (excluding diaryl/α,β-unsaturated/α-hetero) is 1. The number of hydrogen-bond donors (Lipinski definition) is 2. The molecule has 2 saturated heterocycles. The van der Waals surface area contributed by atoms with Gasteiger partial charge < -0.3 is 24.8 Å². The van der Waals surface area contributed by atoms with Crippen molar-refractivity contribution in [2.75, 3.05) is 32.9 Å². The van der Waals surface area contributed by atoms with E-state index in [0.717, 1.165) is 25.9 Å². The van der Waals surface area contributed by atoms with Crippen molar-refractivity contribution in [2.24, 2.45) is 0 Å². The van der Waals surface area contributed by atoms with Gasteiger partial charge in [-0.15, -0.1) is 0 Å². The molecule has 0 aliphatic carbocycles. The molecule has 3 aliphatic rings. The first-order chi connectivity index (χ1) is 18.4. The molecule has 1 aromatic heterocycles. The quantitative estimate of drug-likeness (QED) is 0.508. The highest BCUT2D eigenvalue weighted by molar-refractivity contribution is 5.98. The van der Waals surface area contributed by atoms with Gasteiger partial charge in [0.2, 0.25) is 5.91 Å². The molecular formula is C28H32FN3O6. The number of likely N-dealkylation sites (tertiary alicyclic amines) is 1. The second-order valence-corrected chi connectivity index (χ2v) is 10.1. The molecule has 0 spiro atoms. The zero-order valence-electron chi connectivity index (χ0n) is 21.2. The molecule has 2 aromatic rings. The van der Waals surface area contributed by atoms with E-state index in [4.69, 9.17) is 9.47 Å². The maximum absolute atomic E-state index is 14.9. The minimum atomic E-state index is -0.785. The molecule has 38 heavy (non-hydrogen) atoms. The van der Waals surface area contributed by atoms with Gasteiger partial charge >= 0.3 is 0 Å². The average molecular weight is 526 g/mol. The second-order valence-electron chi connectivity index (χ2n) is 10.1. The number of halogens is 1. The molecule has 0 bridgehead atoms. The number of carbonyl (C=O) groups excluding carboxylic acids is 3. The van der Waals surface area contributed by atoms with Crippen molar-refractivity contribution < 1.29 is 33.4 Å². The van der Waals surface area contributed by atoms with Crippen molar-refractivity contribution in [1.29, 1.82) is 0 Å². The van der Waals surface area contributed by atoms with Crippen molar-refractivity contribution in [2.45, 2.75) is 57.1 Å². The van der Waals surface area contributed by atoms with Gasteiger partial charge in [-0.3, -0.25) is 14.4 Å². The van der Waals surface area contributed by atoms with Gasteiger partial charge in [0, 0.05) is 50.9 Å². The Morgan fingerprint density at radius 1 is 1.13 bits per heavy atom. The summed E-state index contributed by atoms with van der Waals surface area (Å²) in [5.41, 5.74) is 2.14. The lowest BCUT2D eigenvalue weighted by Gasteiger charge is -2.28. The lowest BCUT2D eigenvalue weighted by atomic mass is 9.98. The molecule has 9 nitrogen and oxygen atoms in total. The van der Waals surface area contributed by atoms with Gasteiger partial charge in [0.15, 0.2) is 5.78 Å². The van der Waals surface area contributed by atoms with Crippen LogP contribution in [-0.2, 0) is 22.4 Å². The van der Waals surface area contributed by atoms with E-state index in [1.54, 1.807) is 17.0 Å². The van der Waals surface area contributed by atoms with E-state index < -0.39 is 29.7 Å². The number of aromatic nitrogens is 1. The van der Waals surface area contributed by atoms with Gasteiger partial charge in [-0.25, -0.2) is 9.37 Å².